The van der Waals surface area contributed by atoms with Crippen LogP contribution < -0.4 is 27.3 Å². The lowest BCUT2D eigenvalue weighted by molar-refractivity contribution is 0.439. The molecule has 0 spiro atoms. The third-order valence-corrected chi connectivity index (χ3v) is 3.38. The standard InChI is InChI=1S/C17H21N5O.CH5N/c1-22-15(14(16(18)19)17(20)21)11-7-9-13(10-8-11)23-12-5-3-2-4-6-12;1-2/h3,5-10,22H,2,4H2,1H3,(H3,18,19)(H3,20,21);2H2,1H3. The highest BCUT2D eigenvalue weighted by Crippen LogP contribution is 2.22. The van der Waals surface area contributed by atoms with Crippen LogP contribution in [0.4, 0.5) is 0 Å². The van der Waals surface area contributed by atoms with Gasteiger partial charge in [0.15, 0.2) is 0 Å². The van der Waals surface area contributed by atoms with E-state index < -0.39 is 0 Å². The lowest BCUT2D eigenvalue weighted by Gasteiger charge is -2.14. The minimum atomic E-state index is -0.250. The van der Waals surface area contributed by atoms with Crippen molar-refractivity contribution < 1.29 is 4.74 Å². The van der Waals surface area contributed by atoms with Crippen molar-refractivity contribution in [1.29, 1.82) is 10.8 Å². The van der Waals surface area contributed by atoms with Crippen LogP contribution in [-0.4, -0.2) is 25.8 Å². The molecule has 0 fully saturated rings. The Kier molecular flexibility index (Phi) is 7.95. The normalized spacial score (nSPS) is 12.2. The van der Waals surface area contributed by atoms with Gasteiger partial charge in [-0.3, -0.25) is 10.8 Å². The number of rotatable bonds is 6. The Morgan fingerprint density at radius 2 is 1.64 bits per heavy atom. The fourth-order valence-corrected chi connectivity index (χ4v) is 2.32. The van der Waals surface area contributed by atoms with E-state index in [9.17, 15) is 0 Å². The zero-order valence-corrected chi connectivity index (χ0v) is 14.6. The molecule has 2 rings (SSSR count). The van der Waals surface area contributed by atoms with E-state index in [1.165, 1.54) is 7.05 Å². The van der Waals surface area contributed by atoms with Gasteiger partial charge in [-0.2, -0.15) is 0 Å². The molecule has 0 amide bonds. The maximum Gasteiger partial charge on any atom is 0.128 e. The van der Waals surface area contributed by atoms with Gasteiger partial charge in [-0.05, 0) is 61.9 Å². The van der Waals surface area contributed by atoms with Crippen molar-refractivity contribution >= 4 is 17.4 Å². The maximum atomic E-state index is 7.60. The highest BCUT2D eigenvalue weighted by atomic mass is 16.5. The van der Waals surface area contributed by atoms with Crippen molar-refractivity contribution in [2.24, 2.45) is 17.2 Å². The Morgan fingerprint density at radius 3 is 2.08 bits per heavy atom. The van der Waals surface area contributed by atoms with Crippen molar-refractivity contribution in [2.45, 2.75) is 12.8 Å². The minimum absolute atomic E-state index is 0.180. The number of allylic oxidation sites excluding steroid dienone is 3. The summed E-state index contributed by atoms with van der Waals surface area (Å²) in [6.45, 7) is 0. The summed E-state index contributed by atoms with van der Waals surface area (Å²) >= 11 is 0. The molecular formula is C18H26N6O. The van der Waals surface area contributed by atoms with E-state index in [1.807, 2.05) is 30.3 Å². The Bertz CT molecular complexity index is 685. The molecular weight excluding hydrogens is 316 g/mol. The molecule has 7 heteroatoms. The molecule has 0 unspecified atom stereocenters. The average Bonchev–Trinajstić information content (AvgIpc) is 2.62. The number of nitrogens with one attached hydrogen (secondary N) is 3. The second-order valence-electron chi connectivity index (χ2n) is 5.04. The van der Waals surface area contributed by atoms with Crippen LogP contribution in [0.15, 0.2) is 53.8 Å². The molecule has 0 aliphatic heterocycles. The predicted octanol–water partition coefficient (Wildman–Crippen LogP) is 1.68. The van der Waals surface area contributed by atoms with E-state index >= 15 is 0 Å². The monoisotopic (exact) mass is 342 g/mol. The van der Waals surface area contributed by atoms with Gasteiger partial charge < -0.3 is 27.3 Å². The van der Waals surface area contributed by atoms with Crippen molar-refractivity contribution in [3.8, 4) is 5.75 Å². The summed E-state index contributed by atoms with van der Waals surface area (Å²) in [5.41, 5.74) is 17.0. The van der Waals surface area contributed by atoms with Crippen molar-refractivity contribution in [1.82, 2.24) is 5.32 Å². The number of benzene rings is 1. The van der Waals surface area contributed by atoms with Crippen molar-refractivity contribution in [3.63, 3.8) is 0 Å². The molecule has 0 radical (unpaired) electrons. The molecule has 134 valence electrons. The Balaban J connectivity index is 0.00000151. The smallest absolute Gasteiger partial charge is 0.128 e. The van der Waals surface area contributed by atoms with Crippen LogP contribution in [0.2, 0.25) is 0 Å². The topological polar surface area (TPSA) is 147 Å². The van der Waals surface area contributed by atoms with E-state index in [0.717, 1.165) is 24.2 Å². The number of nitrogens with two attached hydrogens (primary N) is 3. The van der Waals surface area contributed by atoms with Gasteiger partial charge >= 0.3 is 0 Å². The van der Waals surface area contributed by atoms with Crippen LogP contribution in [0.3, 0.4) is 0 Å². The van der Waals surface area contributed by atoms with Crippen LogP contribution in [0.1, 0.15) is 18.4 Å². The van der Waals surface area contributed by atoms with Crippen molar-refractivity contribution in [3.05, 3.63) is 59.4 Å². The van der Waals surface area contributed by atoms with Gasteiger partial charge in [0.25, 0.3) is 0 Å². The summed E-state index contributed by atoms with van der Waals surface area (Å²) < 4.78 is 5.78. The number of hydrogen-bond acceptors (Lipinski definition) is 5. The molecule has 9 N–H and O–H groups in total. The third-order valence-electron chi connectivity index (χ3n) is 3.38. The van der Waals surface area contributed by atoms with Crippen LogP contribution in [-0.2, 0) is 0 Å². The second-order valence-corrected chi connectivity index (χ2v) is 5.04. The molecule has 0 bridgehead atoms. The van der Waals surface area contributed by atoms with Gasteiger partial charge in [-0.15, -0.1) is 0 Å². The number of amidine groups is 2. The molecule has 7 nitrogen and oxygen atoms in total. The summed E-state index contributed by atoms with van der Waals surface area (Å²) in [5, 5.41) is 18.1. The Hall–Kier alpha value is -3.06. The first-order valence-corrected chi connectivity index (χ1v) is 7.86. The van der Waals surface area contributed by atoms with Gasteiger partial charge in [-0.25, -0.2) is 0 Å². The average molecular weight is 342 g/mol. The predicted molar refractivity (Wildman–Crippen MR) is 103 cm³/mol. The number of ether oxygens (including phenoxy) is 1. The lowest BCUT2D eigenvalue weighted by atomic mass is 10.0. The fourth-order valence-electron chi connectivity index (χ4n) is 2.32. The first kappa shape index (κ1) is 20.0. The third kappa shape index (κ3) is 5.50. The Labute approximate surface area is 148 Å². The lowest BCUT2D eigenvalue weighted by Crippen LogP contribution is -2.29. The Morgan fingerprint density at radius 1 is 1.04 bits per heavy atom. The van der Waals surface area contributed by atoms with Crippen LogP contribution in [0, 0.1) is 10.8 Å². The molecule has 0 aromatic heterocycles. The van der Waals surface area contributed by atoms with E-state index in [2.05, 4.69) is 23.2 Å². The summed E-state index contributed by atoms with van der Waals surface area (Å²) in [6.07, 6.45) is 8.12. The molecule has 1 aromatic carbocycles. The van der Waals surface area contributed by atoms with Crippen LogP contribution >= 0.6 is 0 Å². The van der Waals surface area contributed by atoms with E-state index in [1.54, 1.807) is 7.05 Å². The molecule has 0 saturated heterocycles. The summed E-state index contributed by atoms with van der Waals surface area (Å²) in [5.74, 6) is 1.05. The van der Waals surface area contributed by atoms with Gasteiger partial charge in [0, 0.05) is 7.05 Å². The highest BCUT2D eigenvalue weighted by Gasteiger charge is 2.14. The highest BCUT2D eigenvalue weighted by molar-refractivity contribution is 6.24. The van der Waals surface area contributed by atoms with Gasteiger partial charge in [0.05, 0.1) is 11.3 Å². The van der Waals surface area contributed by atoms with Crippen LogP contribution in [0.25, 0.3) is 5.70 Å². The summed E-state index contributed by atoms with van der Waals surface area (Å²) in [6, 6.07) is 7.32. The molecule has 0 heterocycles. The van der Waals surface area contributed by atoms with Gasteiger partial charge in [0.1, 0.15) is 23.2 Å². The molecule has 25 heavy (non-hydrogen) atoms. The zero-order valence-electron chi connectivity index (χ0n) is 14.6. The van der Waals surface area contributed by atoms with E-state index in [4.69, 9.17) is 27.0 Å². The van der Waals surface area contributed by atoms with Gasteiger partial charge in [-0.1, -0.05) is 6.08 Å². The van der Waals surface area contributed by atoms with Crippen LogP contribution in [0.5, 0.6) is 5.75 Å². The fraction of sp³-hybridized carbons (Fsp3) is 0.222. The first-order chi connectivity index (χ1) is 12.0. The van der Waals surface area contributed by atoms with Gasteiger partial charge in [0.2, 0.25) is 0 Å². The van der Waals surface area contributed by atoms with E-state index in [-0.39, 0.29) is 17.2 Å². The summed E-state index contributed by atoms with van der Waals surface area (Å²) in [7, 11) is 3.20. The molecule has 1 aliphatic rings. The molecule has 0 atom stereocenters. The minimum Gasteiger partial charge on any atom is -0.458 e. The largest absolute Gasteiger partial charge is 0.458 e. The summed E-state index contributed by atoms with van der Waals surface area (Å²) in [4.78, 5) is 0. The molecule has 0 saturated carbocycles. The molecule has 1 aliphatic carbocycles. The SMILES string of the molecule is CN.CNC(=C(C(=N)N)C(=N)N)c1ccc(OC2=CCCC=C2)cc1. The van der Waals surface area contributed by atoms with Crippen molar-refractivity contribution in [2.75, 3.05) is 14.1 Å². The maximum absolute atomic E-state index is 7.60. The van der Waals surface area contributed by atoms with E-state index in [0.29, 0.717) is 11.4 Å². The second kappa shape index (κ2) is 9.94. The first-order valence-electron chi connectivity index (χ1n) is 7.86. The number of hydrogen-bond donors (Lipinski definition) is 6. The zero-order chi connectivity index (χ0) is 18.8. The molecule has 1 aromatic rings. The quantitative estimate of drug-likeness (QED) is 0.344.